The standard InChI is InChI=1S/C17H14F2N4OS.CH3I/c1-8(5-20)10-2-9-6-21-13(23-16(24)12-4-17(12,18)19)3-11(9)15-14(10)22-7-25-15;1-2/h2-3,5-7,12H,4,20H2,1H3,(H,21,23,24);1H3/b8-5+;. The molecule has 2 heterocycles. The summed E-state index contributed by atoms with van der Waals surface area (Å²) < 4.78 is 27.0. The minimum atomic E-state index is -2.90. The van der Waals surface area contributed by atoms with Crippen LogP contribution in [0, 0.1) is 5.92 Å². The molecule has 5 nitrogen and oxygen atoms in total. The molecule has 27 heavy (non-hydrogen) atoms. The summed E-state index contributed by atoms with van der Waals surface area (Å²) in [4.78, 5) is 22.4. The highest BCUT2D eigenvalue weighted by Gasteiger charge is 2.61. The van der Waals surface area contributed by atoms with Crippen molar-refractivity contribution in [1.29, 1.82) is 0 Å². The first-order valence-electron chi connectivity index (χ1n) is 8.02. The predicted octanol–water partition coefficient (Wildman–Crippen LogP) is 4.81. The van der Waals surface area contributed by atoms with Crippen LogP contribution in [0.5, 0.6) is 0 Å². The molecule has 0 aliphatic heterocycles. The highest BCUT2D eigenvalue weighted by atomic mass is 127. The van der Waals surface area contributed by atoms with Crippen LogP contribution in [-0.2, 0) is 4.79 Å². The number of hydrogen-bond acceptors (Lipinski definition) is 5. The molecule has 1 aromatic carbocycles. The molecule has 1 amide bonds. The van der Waals surface area contributed by atoms with E-state index >= 15 is 0 Å². The van der Waals surface area contributed by atoms with Crippen LogP contribution in [0.25, 0.3) is 26.6 Å². The smallest absolute Gasteiger partial charge is 0.260 e. The van der Waals surface area contributed by atoms with Crippen molar-refractivity contribution in [2.45, 2.75) is 19.3 Å². The van der Waals surface area contributed by atoms with Crippen LogP contribution in [0.2, 0.25) is 0 Å². The normalized spacial score (nSPS) is 18.1. The van der Waals surface area contributed by atoms with Gasteiger partial charge in [0, 0.05) is 29.0 Å². The van der Waals surface area contributed by atoms with Crippen molar-refractivity contribution in [3.8, 4) is 0 Å². The first-order valence-corrected chi connectivity index (χ1v) is 11.1. The molecule has 1 unspecified atom stereocenters. The van der Waals surface area contributed by atoms with Crippen LogP contribution >= 0.6 is 33.9 Å². The van der Waals surface area contributed by atoms with Crippen LogP contribution in [0.4, 0.5) is 14.6 Å². The summed E-state index contributed by atoms with van der Waals surface area (Å²) in [6, 6.07) is 3.63. The lowest BCUT2D eigenvalue weighted by Gasteiger charge is -2.09. The zero-order chi connectivity index (χ0) is 19.8. The Morgan fingerprint density at radius 1 is 1.41 bits per heavy atom. The van der Waals surface area contributed by atoms with E-state index in [-0.39, 0.29) is 5.82 Å². The number of nitrogens with one attached hydrogen (secondary N) is 1. The first-order chi connectivity index (χ1) is 12.9. The molecule has 4 rings (SSSR count). The number of amides is 1. The molecule has 3 aromatic rings. The zero-order valence-corrected chi connectivity index (χ0v) is 17.6. The number of halogens is 3. The summed E-state index contributed by atoms with van der Waals surface area (Å²) in [7, 11) is 0. The molecule has 1 saturated carbocycles. The van der Waals surface area contributed by atoms with E-state index in [4.69, 9.17) is 5.73 Å². The van der Waals surface area contributed by atoms with Crippen LogP contribution in [0.1, 0.15) is 18.9 Å². The Morgan fingerprint density at radius 2 is 2.11 bits per heavy atom. The molecule has 2 aromatic heterocycles. The average molecular weight is 502 g/mol. The second-order valence-electron chi connectivity index (χ2n) is 6.10. The number of aromatic nitrogens is 2. The zero-order valence-electron chi connectivity index (χ0n) is 14.6. The van der Waals surface area contributed by atoms with Gasteiger partial charge in [0.25, 0.3) is 5.92 Å². The Kier molecular flexibility index (Phi) is 5.61. The molecule has 1 atom stereocenters. The number of carbonyl (C=O) groups excluding carboxylic acids is 1. The summed E-state index contributed by atoms with van der Waals surface area (Å²) in [5.74, 6) is -4.59. The SMILES string of the molecule is C/C(=C\N)c1cc2cnc(NC(=O)C3CC3(F)F)cc2c2scnc12.CI. The summed E-state index contributed by atoms with van der Waals surface area (Å²) in [6.07, 6.45) is 2.74. The number of allylic oxidation sites excluding steroid dienone is 1. The minimum Gasteiger partial charge on any atom is -0.404 e. The molecule has 3 N–H and O–H groups in total. The van der Waals surface area contributed by atoms with Gasteiger partial charge in [-0.3, -0.25) is 4.79 Å². The third-order valence-electron chi connectivity index (χ3n) is 4.37. The lowest BCUT2D eigenvalue weighted by molar-refractivity contribution is -0.119. The van der Waals surface area contributed by atoms with Crippen molar-refractivity contribution in [2.24, 2.45) is 11.7 Å². The summed E-state index contributed by atoms with van der Waals surface area (Å²) in [6.45, 7) is 1.90. The van der Waals surface area contributed by atoms with Crippen LogP contribution in [0.15, 0.2) is 30.0 Å². The van der Waals surface area contributed by atoms with Gasteiger partial charge in [-0.1, -0.05) is 22.6 Å². The summed E-state index contributed by atoms with van der Waals surface area (Å²) in [5, 5.41) is 4.20. The number of alkyl halides is 3. The summed E-state index contributed by atoms with van der Waals surface area (Å²) >= 11 is 3.62. The number of nitrogens with two attached hydrogens (primary N) is 1. The van der Waals surface area contributed by atoms with Crippen molar-refractivity contribution >= 4 is 72.2 Å². The molecule has 0 saturated heterocycles. The van der Waals surface area contributed by atoms with Crippen LogP contribution < -0.4 is 11.1 Å². The fourth-order valence-corrected chi connectivity index (χ4v) is 3.64. The van der Waals surface area contributed by atoms with E-state index in [0.717, 1.165) is 32.1 Å². The number of fused-ring (bicyclic) bond motifs is 3. The van der Waals surface area contributed by atoms with Gasteiger partial charge in [0.05, 0.1) is 15.7 Å². The monoisotopic (exact) mass is 502 g/mol. The van der Waals surface area contributed by atoms with E-state index < -0.39 is 24.2 Å². The number of nitrogens with zero attached hydrogens (tertiary/aromatic N) is 2. The topological polar surface area (TPSA) is 80.9 Å². The van der Waals surface area contributed by atoms with E-state index in [1.54, 1.807) is 17.8 Å². The molecular formula is C18H17F2IN4OS. The number of hydrogen-bond donors (Lipinski definition) is 2. The fourth-order valence-electron chi connectivity index (χ4n) is 2.80. The largest absolute Gasteiger partial charge is 0.404 e. The molecule has 142 valence electrons. The second kappa shape index (κ2) is 7.63. The minimum absolute atomic E-state index is 0.258. The lowest BCUT2D eigenvalue weighted by Crippen LogP contribution is -2.18. The van der Waals surface area contributed by atoms with Gasteiger partial charge in [0.2, 0.25) is 5.91 Å². The maximum atomic E-state index is 13.0. The highest BCUT2D eigenvalue weighted by Crippen LogP contribution is 2.49. The quantitative estimate of drug-likeness (QED) is 0.398. The maximum absolute atomic E-state index is 13.0. The van der Waals surface area contributed by atoms with Crippen LogP contribution in [-0.4, -0.2) is 26.7 Å². The van der Waals surface area contributed by atoms with Gasteiger partial charge in [-0.15, -0.1) is 11.3 Å². The molecule has 1 fully saturated rings. The van der Waals surface area contributed by atoms with E-state index in [1.165, 1.54) is 17.5 Å². The molecule has 0 bridgehead atoms. The number of carbonyl (C=O) groups is 1. The van der Waals surface area contributed by atoms with E-state index in [9.17, 15) is 13.6 Å². The van der Waals surface area contributed by atoms with E-state index in [1.807, 2.05) is 17.9 Å². The van der Waals surface area contributed by atoms with Gasteiger partial charge in [-0.2, -0.15) is 0 Å². The molecule has 0 radical (unpaired) electrons. The van der Waals surface area contributed by atoms with Gasteiger partial charge in [0.1, 0.15) is 11.7 Å². The van der Waals surface area contributed by atoms with Gasteiger partial charge in [-0.25, -0.2) is 18.7 Å². The average Bonchev–Trinajstić information content (AvgIpc) is 3.08. The highest BCUT2D eigenvalue weighted by molar-refractivity contribution is 14.1. The number of rotatable bonds is 3. The Morgan fingerprint density at radius 3 is 2.74 bits per heavy atom. The van der Waals surface area contributed by atoms with E-state index in [2.05, 4.69) is 37.9 Å². The van der Waals surface area contributed by atoms with Gasteiger partial charge >= 0.3 is 0 Å². The van der Waals surface area contributed by atoms with Crippen molar-refractivity contribution in [3.05, 3.63) is 35.6 Å². The van der Waals surface area contributed by atoms with Gasteiger partial charge < -0.3 is 11.1 Å². The number of pyridine rings is 1. The number of thiazole rings is 1. The first kappa shape index (κ1) is 19.9. The van der Waals surface area contributed by atoms with E-state index in [0.29, 0.717) is 0 Å². The fraction of sp³-hybridized carbons (Fsp3) is 0.278. The van der Waals surface area contributed by atoms with Crippen molar-refractivity contribution in [3.63, 3.8) is 0 Å². The number of anilines is 1. The molecule has 0 spiro atoms. The Labute approximate surface area is 172 Å². The second-order valence-corrected chi connectivity index (χ2v) is 6.96. The molecule has 1 aliphatic carbocycles. The number of benzene rings is 1. The van der Waals surface area contributed by atoms with Crippen molar-refractivity contribution in [2.75, 3.05) is 10.2 Å². The third-order valence-corrected chi connectivity index (χ3v) is 5.23. The predicted molar refractivity (Wildman–Crippen MR) is 114 cm³/mol. The molecule has 1 aliphatic rings. The molecular weight excluding hydrogens is 485 g/mol. The molecule has 9 heteroatoms. The van der Waals surface area contributed by atoms with Gasteiger partial charge in [0.15, 0.2) is 0 Å². The van der Waals surface area contributed by atoms with Crippen molar-refractivity contribution < 1.29 is 13.6 Å². The Bertz CT molecular complexity index is 1050. The summed E-state index contributed by atoms with van der Waals surface area (Å²) in [5.41, 5.74) is 10.00. The van der Waals surface area contributed by atoms with Gasteiger partial charge in [-0.05, 0) is 35.8 Å². The third kappa shape index (κ3) is 3.75. The van der Waals surface area contributed by atoms with Crippen LogP contribution in [0.3, 0.4) is 0 Å². The lowest BCUT2D eigenvalue weighted by atomic mass is 10.0. The Balaban J connectivity index is 0.00000102. The Hall–Kier alpha value is -1.88. The van der Waals surface area contributed by atoms with Crippen molar-refractivity contribution in [1.82, 2.24) is 9.97 Å². The maximum Gasteiger partial charge on any atom is 0.260 e.